The van der Waals surface area contributed by atoms with Gasteiger partial charge in [0.05, 0.1) is 6.54 Å². The van der Waals surface area contributed by atoms with Crippen LogP contribution in [0.3, 0.4) is 0 Å². The molecular weight excluding hydrogens is 317 g/mol. The van der Waals surface area contributed by atoms with E-state index in [4.69, 9.17) is 4.42 Å². The number of thioether (sulfide) groups is 1. The van der Waals surface area contributed by atoms with Gasteiger partial charge in [-0.25, -0.2) is 13.1 Å². The van der Waals surface area contributed by atoms with Gasteiger partial charge in [0, 0.05) is 18.4 Å². The van der Waals surface area contributed by atoms with Gasteiger partial charge >= 0.3 is 5.51 Å². The van der Waals surface area contributed by atoms with Crippen molar-refractivity contribution >= 4 is 21.8 Å². The van der Waals surface area contributed by atoms with Crippen molar-refractivity contribution in [3.05, 3.63) is 17.6 Å². The molecule has 0 aliphatic heterocycles. The summed E-state index contributed by atoms with van der Waals surface area (Å²) in [6, 6.07) is 1.35. The molecule has 2 N–H and O–H groups in total. The van der Waals surface area contributed by atoms with Crippen molar-refractivity contribution in [3.63, 3.8) is 0 Å². The van der Waals surface area contributed by atoms with Crippen LogP contribution < -0.4 is 10.0 Å². The van der Waals surface area contributed by atoms with Crippen LogP contribution in [-0.2, 0) is 16.6 Å². The zero-order chi connectivity index (χ0) is 15.4. The minimum absolute atomic E-state index is 0.0558. The minimum atomic E-state index is -4.36. The molecule has 0 saturated heterocycles. The highest BCUT2D eigenvalue weighted by Gasteiger charge is 2.28. The second kappa shape index (κ2) is 6.83. The van der Waals surface area contributed by atoms with Crippen molar-refractivity contribution in [1.82, 2.24) is 10.0 Å². The van der Waals surface area contributed by atoms with Crippen LogP contribution in [0.5, 0.6) is 0 Å². The average Bonchev–Trinajstić information content (AvgIpc) is 2.66. The maximum absolute atomic E-state index is 11.9. The molecule has 1 aromatic rings. The van der Waals surface area contributed by atoms with Crippen molar-refractivity contribution in [2.75, 3.05) is 19.3 Å². The van der Waals surface area contributed by atoms with E-state index in [1.165, 1.54) is 13.0 Å². The summed E-state index contributed by atoms with van der Waals surface area (Å²) >= 11 is -0.273. The molecule has 0 radical (unpaired) electrons. The first-order valence-electron chi connectivity index (χ1n) is 5.60. The molecule has 0 atom stereocenters. The predicted molar refractivity (Wildman–Crippen MR) is 69.9 cm³/mol. The molecule has 10 heteroatoms. The van der Waals surface area contributed by atoms with Gasteiger partial charge in [-0.15, -0.1) is 0 Å². The molecule has 116 valence electrons. The van der Waals surface area contributed by atoms with Crippen molar-refractivity contribution < 1.29 is 26.0 Å². The molecule has 1 aromatic heterocycles. The molecule has 20 heavy (non-hydrogen) atoms. The van der Waals surface area contributed by atoms with Crippen LogP contribution >= 0.6 is 11.8 Å². The Kier molecular flexibility index (Phi) is 5.92. The highest BCUT2D eigenvalue weighted by atomic mass is 32.2. The van der Waals surface area contributed by atoms with Gasteiger partial charge in [-0.05, 0) is 25.7 Å². The van der Waals surface area contributed by atoms with E-state index in [1.807, 2.05) is 0 Å². The molecule has 0 amide bonds. The fourth-order valence-corrected chi connectivity index (χ4v) is 3.27. The smallest absolute Gasteiger partial charge is 0.441 e. The van der Waals surface area contributed by atoms with Crippen molar-refractivity contribution in [1.29, 1.82) is 0 Å². The Bertz CT molecular complexity index is 540. The fourth-order valence-electron chi connectivity index (χ4n) is 1.47. The summed E-state index contributed by atoms with van der Waals surface area (Å²) < 4.78 is 66.9. The van der Waals surface area contributed by atoms with Crippen LogP contribution in [0.25, 0.3) is 0 Å². The normalized spacial score (nSPS) is 12.8. The summed E-state index contributed by atoms with van der Waals surface area (Å²) in [7, 11) is -2.18. The second-order valence-electron chi connectivity index (χ2n) is 3.86. The number of hydrogen-bond acceptors (Lipinski definition) is 5. The van der Waals surface area contributed by atoms with Crippen LogP contribution in [0.2, 0.25) is 0 Å². The van der Waals surface area contributed by atoms with E-state index in [0.717, 1.165) is 0 Å². The number of aryl methyl sites for hydroxylation is 1. The topological polar surface area (TPSA) is 71.3 Å². The van der Waals surface area contributed by atoms with E-state index in [-0.39, 0.29) is 34.7 Å². The lowest BCUT2D eigenvalue weighted by atomic mass is 10.4. The largest absolute Gasteiger partial charge is 0.464 e. The number of furan rings is 1. The number of alkyl halides is 3. The number of sulfonamides is 1. The Hall–Kier alpha value is -0.710. The van der Waals surface area contributed by atoms with Crippen LogP contribution in [0.1, 0.15) is 11.5 Å². The van der Waals surface area contributed by atoms with Crippen molar-refractivity contribution in [2.24, 2.45) is 0 Å². The molecule has 0 spiro atoms. The van der Waals surface area contributed by atoms with Gasteiger partial charge in [-0.1, -0.05) is 0 Å². The Labute approximate surface area is 119 Å². The standard InChI is InChI=1S/C10H15F3N2O3S2/c1-7-9(5-8(18-7)6-14-2)20(16,17)15-3-4-19-10(11,12)13/h5,14-15H,3-4,6H2,1-2H3. The second-order valence-corrected chi connectivity index (χ2v) is 6.75. The number of halogens is 3. The zero-order valence-corrected chi connectivity index (χ0v) is 12.5. The molecule has 0 fully saturated rings. The van der Waals surface area contributed by atoms with E-state index in [0.29, 0.717) is 12.3 Å². The predicted octanol–water partition coefficient (Wildman–Crippen LogP) is 1.84. The monoisotopic (exact) mass is 332 g/mol. The fraction of sp³-hybridized carbons (Fsp3) is 0.600. The number of nitrogens with one attached hydrogen (secondary N) is 2. The van der Waals surface area contributed by atoms with Gasteiger partial charge in [-0.2, -0.15) is 13.2 Å². The lowest BCUT2D eigenvalue weighted by Crippen LogP contribution is -2.27. The van der Waals surface area contributed by atoms with Crippen LogP contribution in [-0.4, -0.2) is 33.3 Å². The molecule has 0 aromatic carbocycles. The Balaban J connectivity index is 2.64. The zero-order valence-electron chi connectivity index (χ0n) is 10.9. The van der Waals surface area contributed by atoms with E-state index < -0.39 is 15.5 Å². The Morgan fingerprint density at radius 1 is 1.40 bits per heavy atom. The van der Waals surface area contributed by atoms with Crippen molar-refractivity contribution in [3.8, 4) is 0 Å². The summed E-state index contributed by atoms with van der Waals surface area (Å²) in [5.74, 6) is 0.254. The molecule has 5 nitrogen and oxygen atoms in total. The molecule has 0 aliphatic carbocycles. The van der Waals surface area contributed by atoms with Gasteiger partial charge in [0.25, 0.3) is 0 Å². The quantitative estimate of drug-likeness (QED) is 0.746. The Morgan fingerprint density at radius 2 is 2.05 bits per heavy atom. The maximum Gasteiger partial charge on any atom is 0.441 e. The third kappa shape index (κ3) is 5.35. The lowest BCUT2D eigenvalue weighted by Gasteiger charge is -2.07. The first-order valence-corrected chi connectivity index (χ1v) is 8.07. The number of rotatable bonds is 7. The maximum atomic E-state index is 11.9. The van der Waals surface area contributed by atoms with Crippen LogP contribution in [0, 0.1) is 6.92 Å². The molecule has 0 aliphatic rings. The van der Waals surface area contributed by atoms with Gasteiger partial charge < -0.3 is 9.73 Å². The van der Waals surface area contributed by atoms with E-state index in [2.05, 4.69) is 10.0 Å². The minimum Gasteiger partial charge on any atom is -0.464 e. The molecule has 0 unspecified atom stereocenters. The van der Waals surface area contributed by atoms with E-state index in [1.54, 1.807) is 7.05 Å². The van der Waals surface area contributed by atoms with Gasteiger partial charge in [0.15, 0.2) is 0 Å². The SMILES string of the molecule is CNCc1cc(S(=O)(=O)NCCSC(F)(F)F)c(C)o1. The molecule has 1 heterocycles. The first-order chi connectivity index (χ1) is 9.15. The summed E-state index contributed by atoms with van der Waals surface area (Å²) in [5, 5.41) is 2.81. The highest BCUT2D eigenvalue weighted by Crippen LogP contribution is 2.29. The molecule has 0 bridgehead atoms. The third-order valence-corrected chi connectivity index (χ3v) is 4.53. The summed E-state index contributed by atoms with van der Waals surface area (Å²) in [4.78, 5) is -0.0558. The Morgan fingerprint density at radius 3 is 2.60 bits per heavy atom. The van der Waals surface area contributed by atoms with E-state index in [9.17, 15) is 21.6 Å². The van der Waals surface area contributed by atoms with Crippen LogP contribution in [0.15, 0.2) is 15.4 Å². The van der Waals surface area contributed by atoms with Crippen LogP contribution in [0.4, 0.5) is 13.2 Å². The molecule has 1 rings (SSSR count). The van der Waals surface area contributed by atoms with Gasteiger partial charge in [0.1, 0.15) is 16.4 Å². The van der Waals surface area contributed by atoms with Gasteiger partial charge in [-0.3, -0.25) is 0 Å². The first kappa shape index (κ1) is 17.3. The summed E-state index contributed by atoms with van der Waals surface area (Å²) in [6.45, 7) is 1.54. The molecular formula is C10H15F3N2O3S2. The molecule has 0 saturated carbocycles. The lowest BCUT2D eigenvalue weighted by molar-refractivity contribution is -0.0327. The third-order valence-electron chi connectivity index (χ3n) is 2.22. The van der Waals surface area contributed by atoms with Gasteiger partial charge in [0.2, 0.25) is 10.0 Å². The summed E-state index contributed by atoms with van der Waals surface area (Å²) in [5.41, 5.74) is -4.36. The van der Waals surface area contributed by atoms with Crippen molar-refractivity contribution in [2.45, 2.75) is 23.9 Å². The number of hydrogen-bond donors (Lipinski definition) is 2. The summed E-state index contributed by atoms with van der Waals surface area (Å²) in [6.07, 6.45) is 0. The van der Waals surface area contributed by atoms with E-state index >= 15 is 0 Å². The highest BCUT2D eigenvalue weighted by molar-refractivity contribution is 8.00. The average molecular weight is 332 g/mol.